The zero-order valence-corrected chi connectivity index (χ0v) is 17.3. The molecule has 1 fully saturated rings. The van der Waals surface area contributed by atoms with E-state index in [0.717, 1.165) is 24.0 Å². The molecule has 156 valence electrons. The predicted octanol–water partition coefficient (Wildman–Crippen LogP) is 2.98. The van der Waals surface area contributed by atoms with Gasteiger partial charge in [-0.25, -0.2) is 4.98 Å². The maximum atomic E-state index is 13.0. The van der Waals surface area contributed by atoms with Crippen molar-refractivity contribution in [1.82, 2.24) is 15.2 Å². The van der Waals surface area contributed by atoms with Crippen LogP contribution in [0.15, 0.2) is 54.6 Å². The summed E-state index contributed by atoms with van der Waals surface area (Å²) in [5.41, 5.74) is 2.63. The number of aromatic nitrogens is 1. The summed E-state index contributed by atoms with van der Waals surface area (Å²) in [4.78, 5) is 19.8. The monoisotopic (exact) mass is 425 g/mol. The van der Waals surface area contributed by atoms with Crippen molar-refractivity contribution >= 4 is 28.4 Å². The second kappa shape index (κ2) is 9.53. The molecule has 0 aliphatic carbocycles. The number of hydrogen-bond acceptors (Lipinski definition) is 5. The van der Waals surface area contributed by atoms with E-state index in [9.17, 15) is 9.90 Å². The summed E-state index contributed by atoms with van der Waals surface area (Å²) in [7, 11) is 0. The molecule has 30 heavy (non-hydrogen) atoms. The molecule has 1 saturated heterocycles. The fraction of sp³-hybridized carbons (Fsp3) is 0.304. The largest absolute Gasteiger partial charge is 0.390 e. The zero-order chi connectivity index (χ0) is 20.9. The van der Waals surface area contributed by atoms with Crippen molar-refractivity contribution in [2.24, 2.45) is 0 Å². The lowest BCUT2D eigenvalue weighted by atomic mass is 10.0. The minimum absolute atomic E-state index is 0.175. The summed E-state index contributed by atoms with van der Waals surface area (Å²) in [6.45, 7) is 3.61. The molecule has 1 aliphatic heterocycles. The number of para-hydroxylation sites is 1. The molecule has 1 aliphatic rings. The van der Waals surface area contributed by atoms with Gasteiger partial charge in [-0.1, -0.05) is 48.0 Å². The summed E-state index contributed by atoms with van der Waals surface area (Å²) in [5.74, 6) is -0.247. The molecule has 0 radical (unpaired) electrons. The Morgan fingerprint density at radius 1 is 1.17 bits per heavy atom. The molecule has 7 heteroatoms. The average molecular weight is 426 g/mol. The van der Waals surface area contributed by atoms with Gasteiger partial charge in [0.1, 0.15) is 0 Å². The first kappa shape index (κ1) is 20.8. The summed E-state index contributed by atoms with van der Waals surface area (Å²) in [6, 6.07) is 16.7. The molecule has 0 bridgehead atoms. The van der Waals surface area contributed by atoms with Gasteiger partial charge in [0.2, 0.25) is 0 Å². The van der Waals surface area contributed by atoms with Crippen LogP contribution in [-0.2, 0) is 4.74 Å². The smallest absolute Gasteiger partial charge is 0.252 e. The third-order valence-electron chi connectivity index (χ3n) is 5.18. The number of amides is 1. The number of pyridine rings is 1. The van der Waals surface area contributed by atoms with Gasteiger partial charge < -0.3 is 15.2 Å². The Morgan fingerprint density at radius 3 is 2.70 bits per heavy atom. The molecule has 0 saturated carbocycles. The predicted molar refractivity (Wildman–Crippen MR) is 118 cm³/mol. The van der Waals surface area contributed by atoms with Crippen LogP contribution in [0.1, 0.15) is 10.4 Å². The van der Waals surface area contributed by atoms with Crippen LogP contribution in [0, 0.1) is 0 Å². The molecular formula is C23H24ClN3O3. The maximum Gasteiger partial charge on any atom is 0.252 e. The number of carbonyl (C=O) groups excluding carboxylic acids is 1. The van der Waals surface area contributed by atoms with Gasteiger partial charge in [-0.3, -0.25) is 9.69 Å². The quantitative estimate of drug-likeness (QED) is 0.635. The van der Waals surface area contributed by atoms with Gasteiger partial charge in [0.05, 0.1) is 36.1 Å². The molecule has 6 nitrogen and oxygen atoms in total. The molecule has 0 spiro atoms. The first-order chi connectivity index (χ1) is 14.6. The highest BCUT2D eigenvalue weighted by molar-refractivity contribution is 6.33. The minimum Gasteiger partial charge on any atom is -0.390 e. The van der Waals surface area contributed by atoms with Crippen LogP contribution in [0.5, 0.6) is 0 Å². The lowest BCUT2D eigenvalue weighted by Crippen LogP contribution is -2.44. The molecule has 1 atom stereocenters. The highest BCUT2D eigenvalue weighted by atomic mass is 35.5. The molecule has 2 heterocycles. The van der Waals surface area contributed by atoms with Crippen LogP contribution in [0.3, 0.4) is 0 Å². The molecule has 1 aromatic heterocycles. The Balaban J connectivity index is 1.55. The van der Waals surface area contributed by atoms with Crippen LogP contribution in [-0.4, -0.2) is 66.4 Å². The second-order valence-corrected chi connectivity index (χ2v) is 7.74. The summed E-state index contributed by atoms with van der Waals surface area (Å²) in [6.07, 6.45) is -0.650. The number of β-amino-alcohol motifs (C(OH)–C–C–N with tert-alkyl or cyclic N) is 1. The standard InChI is InChI=1S/C23H24ClN3O3/c24-20-7-3-1-6-18(20)22-13-19(17-5-2-4-8-21(17)26-22)23(29)25-14-16(28)15-27-9-11-30-12-10-27/h1-8,13,16,28H,9-12,14-15H2,(H,25,29). The van der Waals surface area contributed by atoms with Gasteiger partial charge in [0.25, 0.3) is 5.91 Å². The van der Waals surface area contributed by atoms with E-state index >= 15 is 0 Å². The SMILES string of the molecule is O=C(NCC(O)CN1CCOCC1)c1cc(-c2ccccc2Cl)nc2ccccc12. The minimum atomic E-state index is -0.650. The first-order valence-corrected chi connectivity index (χ1v) is 10.4. The number of aliphatic hydroxyl groups is 1. The van der Waals surface area contributed by atoms with Crippen molar-refractivity contribution in [2.45, 2.75) is 6.10 Å². The fourth-order valence-corrected chi connectivity index (χ4v) is 3.85. The zero-order valence-electron chi connectivity index (χ0n) is 16.6. The van der Waals surface area contributed by atoms with Crippen LogP contribution >= 0.6 is 11.6 Å². The van der Waals surface area contributed by atoms with Gasteiger partial charge in [-0.05, 0) is 18.2 Å². The van der Waals surface area contributed by atoms with Gasteiger partial charge in [-0.15, -0.1) is 0 Å². The third-order valence-corrected chi connectivity index (χ3v) is 5.51. The molecule has 1 unspecified atom stereocenters. The number of nitrogens with one attached hydrogen (secondary N) is 1. The van der Waals surface area contributed by atoms with Gasteiger partial charge in [0.15, 0.2) is 0 Å². The Kier molecular flexibility index (Phi) is 6.59. The number of ether oxygens (including phenoxy) is 1. The summed E-state index contributed by atoms with van der Waals surface area (Å²) in [5, 5.41) is 14.6. The van der Waals surface area contributed by atoms with E-state index in [-0.39, 0.29) is 12.5 Å². The summed E-state index contributed by atoms with van der Waals surface area (Å²) < 4.78 is 5.33. The van der Waals surface area contributed by atoms with E-state index in [1.165, 1.54) is 0 Å². The van der Waals surface area contributed by atoms with E-state index in [0.29, 0.717) is 41.6 Å². The Bertz CT molecular complexity index is 1040. The van der Waals surface area contributed by atoms with Gasteiger partial charge in [-0.2, -0.15) is 0 Å². The van der Waals surface area contributed by atoms with Crippen LogP contribution in [0.4, 0.5) is 0 Å². The summed E-state index contributed by atoms with van der Waals surface area (Å²) >= 11 is 6.35. The second-order valence-electron chi connectivity index (χ2n) is 7.33. The van der Waals surface area contributed by atoms with Crippen molar-refractivity contribution in [3.05, 3.63) is 65.2 Å². The van der Waals surface area contributed by atoms with Crippen molar-refractivity contribution in [3.63, 3.8) is 0 Å². The van der Waals surface area contributed by atoms with E-state index in [2.05, 4.69) is 15.2 Å². The van der Waals surface area contributed by atoms with E-state index in [1.807, 2.05) is 42.5 Å². The topological polar surface area (TPSA) is 74.7 Å². The van der Waals surface area contributed by atoms with Gasteiger partial charge in [0, 0.05) is 42.2 Å². The normalized spacial score (nSPS) is 15.8. The first-order valence-electron chi connectivity index (χ1n) is 10.0. The lowest BCUT2D eigenvalue weighted by molar-refractivity contribution is 0.0149. The number of fused-ring (bicyclic) bond motifs is 1. The number of carbonyl (C=O) groups is 1. The molecular weight excluding hydrogens is 402 g/mol. The average Bonchev–Trinajstić information content (AvgIpc) is 2.78. The molecule has 3 aromatic rings. The third kappa shape index (κ3) is 4.79. The van der Waals surface area contributed by atoms with E-state index in [1.54, 1.807) is 12.1 Å². The lowest BCUT2D eigenvalue weighted by Gasteiger charge is -2.28. The van der Waals surface area contributed by atoms with Crippen molar-refractivity contribution in [2.75, 3.05) is 39.4 Å². The van der Waals surface area contributed by atoms with Crippen molar-refractivity contribution < 1.29 is 14.6 Å². The number of benzene rings is 2. The van der Waals surface area contributed by atoms with E-state index in [4.69, 9.17) is 16.3 Å². The number of aliphatic hydroxyl groups excluding tert-OH is 1. The van der Waals surface area contributed by atoms with Crippen LogP contribution in [0.25, 0.3) is 22.2 Å². The molecule has 1 amide bonds. The number of morpholine rings is 1. The van der Waals surface area contributed by atoms with Crippen molar-refractivity contribution in [1.29, 1.82) is 0 Å². The van der Waals surface area contributed by atoms with E-state index < -0.39 is 6.10 Å². The molecule has 2 aromatic carbocycles. The number of rotatable bonds is 6. The number of halogens is 1. The van der Waals surface area contributed by atoms with Crippen molar-refractivity contribution in [3.8, 4) is 11.3 Å². The highest BCUT2D eigenvalue weighted by Gasteiger charge is 2.18. The molecule has 4 rings (SSSR count). The fourth-order valence-electron chi connectivity index (χ4n) is 3.62. The number of hydrogen-bond donors (Lipinski definition) is 2. The Morgan fingerprint density at radius 2 is 1.90 bits per heavy atom. The Hall–Kier alpha value is -2.51. The highest BCUT2D eigenvalue weighted by Crippen LogP contribution is 2.29. The molecule has 2 N–H and O–H groups in total. The van der Waals surface area contributed by atoms with Gasteiger partial charge >= 0.3 is 0 Å². The van der Waals surface area contributed by atoms with Crippen LogP contribution < -0.4 is 5.32 Å². The maximum absolute atomic E-state index is 13.0. The van der Waals surface area contributed by atoms with Crippen LogP contribution in [0.2, 0.25) is 5.02 Å². The number of nitrogens with zero attached hydrogens (tertiary/aromatic N) is 2. The Labute approximate surface area is 180 Å².